The van der Waals surface area contributed by atoms with E-state index in [0.29, 0.717) is 0 Å². The number of nitrogens with one attached hydrogen (secondary N) is 1. The van der Waals surface area contributed by atoms with Crippen LogP contribution < -0.4 is 10.2 Å². The number of rotatable bonds is 7. The second-order valence-electron chi connectivity index (χ2n) is 3.27. The van der Waals surface area contributed by atoms with E-state index in [1.807, 2.05) is 19.0 Å². The van der Waals surface area contributed by atoms with Crippen molar-refractivity contribution in [2.75, 3.05) is 45.3 Å². The van der Waals surface area contributed by atoms with Crippen molar-refractivity contribution in [3.05, 3.63) is 0 Å². The van der Waals surface area contributed by atoms with Gasteiger partial charge in [-0.25, -0.2) is 4.68 Å². The Kier molecular flexibility index (Phi) is 4.99. The molecule has 1 aromatic rings. The summed E-state index contributed by atoms with van der Waals surface area (Å²) in [4.78, 5) is 2.00. The topological polar surface area (TPSA) is 68.1 Å². The smallest absolute Gasteiger partial charge is 0.245 e. The molecule has 0 aliphatic carbocycles. The lowest BCUT2D eigenvalue weighted by Crippen LogP contribution is -2.32. The summed E-state index contributed by atoms with van der Waals surface area (Å²) >= 11 is 0. The number of aryl methyl sites for hydroxylation is 1. The molecule has 0 unspecified atom stereocenters. The van der Waals surface area contributed by atoms with E-state index in [1.54, 1.807) is 11.8 Å². The number of nitrogens with zero attached hydrogens (tertiary/aromatic N) is 5. The van der Waals surface area contributed by atoms with Gasteiger partial charge in [0.1, 0.15) is 0 Å². The third-order valence-electron chi connectivity index (χ3n) is 2.05. The van der Waals surface area contributed by atoms with Gasteiger partial charge in [0.25, 0.3) is 0 Å². The van der Waals surface area contributed by atoms with Crippen molar-refractivity contribution >= 4 is 5.95 Å². The number of hydrogen-bond donors (Lipinski definition) is 1. The molecule has 1 heterocycles. The summed E-state index contributed by atoms with van der Waals surface area (Å²) in [6, 6.07) is 0. The van der Waals surface area contributed by atoms with Crippen LogP contribution in [0.3, 0.4) is 0 Å². The Labute approximate surface area is 89.4 Å². The maximum Gasteiger partial charge on any atom is 0.245 e. The van der Waals surface area contributed by atoms with Gasteiger partial charge in [-0.05, 0) is 10.4 Å². The van der Waals surface area contributed by atoms with Gasteiger partial charge in [0.2, 0.25) is 5.95 Å². The zero-order valence-electron chi connectivity index (χ0n) is 9.47. The first-order chi connectivity index (χ1) is 7.25. The molecular weight excluding hydrogens is 196 g/mol. The van der Waals surface area contributed by atoms with Crippen LogP contribution in [0.5, 0.6) is 0 Å². The summed E-state index contributed by atoms with van der Waals surface area (Å²) < 4.78 is 6.58. The van der Waals surface area contributed by atoms with Crippen molar-refractivity contribution in [2.45, 2.75) is 0 Å². The molecule has 1 aromatic heterocycles. The minimum Gasteiger partial charge on any atom is -0.383 e. The predicted molar refractivity (Wildman–Crippen MR) is 56.8 cm³/mol. The van der Waals surface area contributed by atoms with Gasteiger partial charge in [-0.15, -0.1) is 0 Å². The molecule has 0 aliphatic heterocycles. The quantitative estimate of drug-likeness (QED) is 0.580. The largest absolute Gasteiger partial charge is 0.383 e. The lowest BCUT2D eigenvalue weighted by Gasteiger charge is -2.16. The Hall–Kier alpha value is -1.21. The number of likely N-dealkylation sites (N-methyl/N-ethyl adjacent to an activating group) is 1. The number of tetrazole rings is 1. The van der Waals surface area contributed by atoms with Crippen LogP contribution in [0.2, 0.25) is 0 Å². The molecule has 86 valence electrons. The fourth-order valence-corrected chi connectivity index (χ4v) is 1.19. The molecule has 15 heavy (non-hydrogen) atoms. The van der Waals surface area contributed by atoms with Crippen LogP contribution >= 0.6 is 0 Å². The van der Waals surface area contributed by atoms with Gasteiger partial charge in [0, 0.05) is 40.8 Å². The zero-order valence-corrected chi connectivity index (χ0v) is 9.47. The van der Waals surface area contributed by atoms with E-state index in [9.17, 15) is 0 Å². The average molecular weight is 214 g/mol. The van der Waals surface area contributed by atoms with Gasteiger partial charge in [-0.3, -0.25) is 0 Å². The average Bonchev–Trinajstić information content (AvgIpc) is 2.64. The van der Waals surface area contributed by atoms with E-state index in [4.69, 9.17) is 4.74 Å². The van der Waals surface area contributed by atoms with Gasteiger partial charge in [-0.1, -0.05) is 5.10 Å². The van der Waals surface area contributed by atoms with Crippen LogP contribution in [0.4, 0.5) is 5.95 Å². The van der Waals surface area contributed by atoms with E-state index in [-0.39, 0.29) is 0 Å². The monoisotopic (exact) mass is 214 g/mol. The second-order valence-corrected chi connectivity index (χ2v) is 3.27. The summed E-state index contributed by atoms with van der Waals surface area (Å²) in [5, 5.41) is 14.5. The van der Waals surface area contributed by atoms with Crippen molar-refractivity contribution in [1.82, 2.24) is 25.5 Å². The standard InChI is InChI=1S/C8H18N6O/c1-13(6-4-9-5-7-15-3)8-10-11-12-14(8)2/h9H,4-7H2,1-3H3. The lowest BCUT2D eigenvalue weighted by atomic mass is 10.5. The Balaban J connectivity index is 2.19. The first kappa shape index (κ1) is 11.9. The van der Waals surface area contributed by atoms with Crippen LogP contribution in [0.25, 0.3) is 0 Å². The molecule has 0 amide bonds. The normalized spacial score (nSPS) is 10.6. The first-order valence-electron chi connectivity index (χ1n) is 4.89. The van der Waals surface area contributed by atoms with E-state index in [0.717, 1.165) is 32.2 Å². The Morgan fingerprint density at radius 3 is 2.87 bits per heavy atom. The first-order valence-corrected chi connectivity index (χ1v) is 4.89. The molecule has 0 bridgehead atoms. The van der Waals surface area contributed by atoms with Crippen LogP contribution in [0, 0.1) is 0 Å². The summed E-state index contributed by atoms with van der Waals surface area (Å²) in [6.45, 7) is 3.33. The van der Waals surface area contributed by atoms with Crippen LogP contribution in [-0.2, 0) is 11.8 Å². The molecule has 0 fully saturated rings. The Morgan fingerprint density at radius 2 is 2.27 bits per heavy atom. The number of aromatic nitrogens is 4. The van der Waals surface area contributed by atoms with Crippen molar-refractivity contribution in [3.8, 4) is 0 Å². The summed E-state index contributed by atoms with van der Waals surface area (Å²) in [6.07, 6.45) is 0. The highest BCUT2D eigenvalue weighted by Crippen LogP contribution is 2.01. The van der Waals surface area contributed by atoms with E-state index in [2.05, 4.69) is 20.8 Å². The summed E-state index contributed by atoms with van der Waals surface area (Å²) in [5.41, 5.74) is 0. The molecule has 0 radical (unpaired) electrons. The third kappa shape index (κ3) is 3.80. The molecule has 0 spiro atoms. The molecule has 0 aliphatic rings. The highest BCUT2D eigenvalue weighted by Gasteiger charge is 2.06. The molecule has 1 N–H and O–H groups in total. The maximum atomic E-state index is 4.93. The Bertz CT molecular complexity index is 276. The van der Waals surface area contributed by atoms with Crippen LogP contribution in [0.15, 0.2) is 0 Å². The molecule has 1 rings (SSSR count). The van der Waals surface area contributed by atoms with Crippen LogP contribution in [0.1, 0.15) is 0 Å². The van der Waals surface area contributed by atoms with Gasteiger partial charge in [-0.2, -0.15) is 0 Å². The lowest BCUT2D eigenvalue weighted by molar-refractivity contribution is 0.200. The highest BCUT2D eigenvalue weighted by molar-refractivity contribution is 5.25. The number of methoxy groups -OCH3 is 1. The SMILES string of the molecule is COCCNCCN(C)c1nnnn1C. The van der Waals surface area contributed by atoms with Crippen molar-refractivity contribution in [2.24, 2.45) is 7.05 Å². The molecule has 0 atom stereocenters. The second kappa shape index (κ2) is 6.31. The van der Waals surface area contributed by atoms with E-state index < -0.39 is 0 Å². The van der Waals surface area contributed by atoms with Gasteiger partial charge in [0.05, 0.1) is 6.61 Å². The third-order valence-corrected chi connectivity index (χ3v) is 2.05. The minimum absolute atomic E-state index is 0.731. The molecule has 0 saturated heterocycles. The molecule has 0 aromatic carbocycles. The maximum absolute atomic E-state index is 4.93. The highest BCUT2D eigenvalue weighted by atomic mass is 16.5. The zero-order chi connectivity index (χ0) is 11.1. The fraction of sp³-hybridized carbons (Fsp3) is 0.875. The summed E-state index contributed by atoms with van der Waals surface area (Å²) in [7, 11) is 5.48. The molecule has 7 heteroatoms. The molecular formula is C8H18N6O. The van der Waals surface area contributed by atoms with Crippen molar-refractivity contribution < 1.29 is 4.74 Å². The van der Waals surface area contributed by atoms with Gasteiger partial charge >= 0.3 is 0 Å². The Morgan fingerprint density at radius 1 is 1.47 bits per heavy atom. The van der Waals surface area contributed by atoms with Gasteiger partial charge < -0.3 is 15.0 Å². The molecule has 7 nitrogen and oxygen atoms in total. The van der Waals surface area contributed by atoms with Crippen molar-refractivity contribution in [3.63, 3.8) is 0 Å². The van der Waals surface area contributed by atoms with E-state index >= 15 is 0 Å². The van der Waals surface area contributed by atoms with Crippen LogP contribution in [-0.4, -0.2) is 60.6 Å². The summed E-state index contributed by atoms with van der Waals surface area (Å²) in [5.74, 6) is 0.767. The predicted octanol–water partition coefficient (Wildman–Crippen LogP) is -1.12. The minimum atomic E-state index is 0.731. The van der Waals surface area contributed by atoms with E-state index in [1.165, 1.54) is 0 Å². The number of ether oxygens (including phenoxy) is 1. The molecule has 0 saturated carbocycles. The van der Waals surface area contributed by atoms with Crippen molar-refractivity contribution in [1.29, 1.82) is 0 Å². The fourth-order valence-electron chi connectivity index (χ4n) is 1.19. The van der Waals surface area contributed by atoms with Gasteiger partial charge in [0.15, 0.2) is 0 Å². The number of hydrogen-bond acceptors (Lipinski definition) is 6. The number of anilines is 1.